The van der Waals surface area contributed by atoms with Gasteiger partial charge in [-0.1, -0.05) is 29.4 Å². The van der Waals surface area contributed by atoms with Crippen molar-refractivity contribution >= 4 is 5.91 Å². The van der Waals surface area contributed by atoms with Gasteiger partial charge in [0.25, 0.3) is 5.91 Å². The monoisotopic (exact) mass is 360 g/mol. The number of hydrogen-bond donors (Lipinski definition) is 1. The Hall–Kier alpha value is -3.81. The zero-order valence-electron chi connectivity index (χ0n) is 14.3. The van der Waals surface area contributed by atoms with Gasteiger partial charge in [-0.2, -0.15) is 5.10 Å². The molecule has 8 nitrogen and oxygen atoms in total. The minimum Gasteiger partial charge on any atom is -0.355 e. The van der Waals surface area contributed by atoms with Crippen LogP contribution in [-0.4, -0.2) is 30.8 Å². The largest absolute Gasteiger partial charge is 0.355 e. The minimum atomic E-state index is -0.296. The number of nitrogens with zero attached hydrogens (tertiary/aromatic N) is 5. The van der Waals surface area contributed by atoms with Gasteiger partial charge in [0.15, 0.2) is 11.5 Å². The lowest BCUT2D eigenvalue weighted by Crippen LogP contribution is -2.23. The molecule has 0 saturated carbocycles. The summed E-state index contributed by atoms with van der Waals surface area (Å²) in [6.45, 7) is 1.01. The number of nitrogens with one attached hydrogen (secondary N) is 1. The number of hydrogen-bond acceptors (Lipinski definition) is 6. The van der Waals surface area contributed by atoms with Gasteiger partial charge in [-0.25, -0.2) is 9.67 Å². The lowest BCUT2D eigenvalue weighted by atomic mass is 10.1. The van der Waals surface area contributed by atoms with E-state index in [1.54, 1.807) is 35.5 Å². The standard InChI is InChI=1S/C19H16N6O2/c26-19(17-8-18(27-24-17)16-5-2-6-20-10-16)22-9-14-3-1-4-15(7-14)11-25-13-21-12-23-25/h1-8,10,12-13H,9,11H2,(H,22,26). The fourth-order valence-corrected chi connectivity index (χ4v) is 2.64. The summed E-state index contributed by atoms with van der Waals surface area (Å²) in [6, 6.07) is 13.2. The average molecular weight is 360 g/mol. The van der Waals surface area contributed by atoms with E-state index in [-0.39, 0.29) is 11.6 Å². The Kier molecular flexibility index (Phi) is 4.69. The highest BCUT2D eigenvalue weighted by Crippen LogP contribution is 2.18. The molecular formula is C19H16N6O2. The Morgan fingerprint density at radius 3 is 2.85 bits per heavy atom. The van der Waals surface area contributed by atoms with Gasteiger partial charge in [0.05, 0.1) is 6.54 Å². The van der Waals surface area contributed by atoms with Crippen molar-refractivity contribution in [3.8, 4) is 11.3 Å². The van der Waals surface area contributed by atoms with Crippen LogP contribution in [0.3, 0.4) is 0 Å². The van der Waals surface area contributed by atoms with E-state index in [1.165, 1.54) is 6.33 Å². The van der Waals surface area contributed by atoms with Gasteiger partial charge < -0.3 is 9.84 Å². The zero-order chi connectivity index (χ0) is 18.5. The van der Waals surface area contributed by atoms with Gasteiger partial charge in [0.1, 0.15) is 12.7 Å². The molecular weight excluding hydrogens is 344 g/mol. The first-order valence-corrected chi connectivity index (χ1v) is 8.33. The number of carbonyl (C=O) groups excluding carboxylic acids is 1. The van der Waals surface area contributed by atoms with Crippen molar-refractivity contribution in [1.29, 1.82) is 0 Å². The lowest BCUT2D eigenvalue weighted by molar-refractivity contribution is 0.0942. The summed E-state index contributed by atoms with van der Waals surface area (Å²) >= 11 is 0. The minimum absolute atomic E-state index is 0.229. The second-order valence-electron chi connectivity index (χ2n) is 5.91. The lowest BCUT2D eigenvalue weighted by Gasteiger charge is -2.06. The van der Waals surface area contributed by atoms with E-state index < -0.39 is 0 Å². The number of rotatable bonds is 6. The maximum absolute atomic E-state index is 12.3. The summed E-state index contributed by atoms with van der Waals surface area (Å²) < 4.78 is 6.98. The Morgan fingerprint density at radius 2 is 2.04 bits per heavy atom. The van der Waals surface area contributed by atoms with Gasteiger partial charge in [-0.3, -0.25) is 9.78 Å². The summed E-state index contributed by atoms with van der Waals surface area (Å²) in [5.41, 5.74) is 3.06. The summed E-state index contributed by atoms with van der Waals surface area (Å²) in [4.78, 5) is 20.3. The molecule has 134 valence electrons. The number of amides is 1. The number of aromatic nitrogens is 5. The van der Waals surface area contributed by atoms with Crippen LogP contribution in [-0.2, 0) is 13.1 Å². The van der Waals surface area contributed by atoms with Crippen molar-refractivity contribution in [2.24, 2.45) is 0 Å². The summed E-state index contributed by atoms with van der Waals surface area (Å²) in [6.07, 6.45) is 6.49. The summed E-state index contributed by atoms with van der Waals surface area (Å²) in [7, 11) is 0. The molecule has 1 amide bonds. The van der Waals surface area contributed by atoms with Gasteiger partial charge in [0, 0.05) is 30.6 Å². The van der Waals surface area contributed by atoms with Crippen molar-refractivity contribution in [2.45, 2.75) is 13.1 Å². The molecule has 4 aromatic rings. The van der Waals surface area contributed by atoms with Crippen molar-refractivity contribution in [1.82, 2.24) is 30.2 Å². The Balaban J connectivity index is 1.39. The second kappa shape index (κ2) is 7.61. The maximum atomic E-state index is 12.3. The molecule has 0 fully saturated rings. The maximum Gasteiger partial charge on any atom is 0.273 e. The molecule has 0 radical (unpaired) electrons. The molecule has 3 aromatic heterocycles. The fraction of sp³-hybridized carbons (Fsp3) is 0.105. The van der Waals surface area contributed by atoms with E-state index in [9.17, 15) is 4.79 Å². The molecule has 0 aliphatic rings. The highest BCUT2D eigenvalue weighted by atomic mass is 16.5. The Morgan fingerprint density at radius 1 is 1.11 bits per heavy atom. The molecule has 4 rings (SSSR count). The molecule has 8 heteroatoms. The van der Waals surface area contributed by atoms with Crippen LogP contribution in [0, 0.1) is 0 Å². The van der Waals surface area contributed by atoms with E-state index in [4.69, 9.17) is 4.52 Å². The SMILES string of the molecule is O=C(NCc1cccc(Cn2cncn2)c1)c1cc(-c2cccnc2)on1. The van der Waals surface area contributed by atoms with Crippen molar-refractivity contribution in [2.75, 3.05) is 0 Å². The zero-order valence-corrected chi connectivity index (χ0v) is 14.3. The van der Waals surface area contributed by atoms with E-state index >= 15 is 0 Å². The van der Waals surface area contributed by atoms with Crippen LogP contribution in [0.1, 0.15) is 21.6 Å². The third-order valence-electron chi connectivity index (χ3n) is 3.94. The molecule has 0 saturated heterocycles. The fourth-order valence-electron chi connectivity index (χ4n) is 2.64. The number of pyridine rings is 1. The highest BCUT2D eigenvalue weighted by molar-refractivity contribution is 5.93. The van der Waals surface area contributed by atoms with Gasteiger partial charge >= 0.3 is 0 Å². The molecule has 0 aliphatic carbocycles. The molecule has 3 heterocycles. The van der Waals surface area contributed by atoms with Crippen LogP contribution in [0.2, 0.25) is 0 Å². The summed E-state index contributed by atoms with van der Waals surface area (Å²) in [5.74, 6) is 0.207. The number of carbonyl (C=O) groups is 1. The van der Waals surface area contributed by atoms with Crippen LogP contribution in [0.4, 0.5) is 0 Å². The first-order valence-electron chi connectivity index (χ1n) is 8.33. The van der Waals surface area contributed by atoms with E-state index in [2.05, 4.69) is 25.5 Å². The normalized spacial score (nSPS) is 10.7. The molecule has 0 aliphatic heterocycles. The second-order valence-corrected chi connectivity index (χ2v) is 5.91. The molecule has 0 spiro atoms. The molecule has 0 atom stereocenters. The highest BCUT2D eigenvalue weighted by Gasteiger charge is 2.13. The molecule has 27 heavy (non-hydrogen) atoms. The van der Waals surface area contributed by atoms with Crippen LogP contribution in [0.5, 0.6) is 0 Å². The third kappa shape index (κ3) is 4.06. The molecule has 0 bridgehead atoms. The average Bonchev–Trinajstić information content (AvgIpc) is 3.39. The van der Waals surface area contributed by atoms with E-state index in [0.717, 1.165) is 16.7 Å². The predicted molar refractivity (Wildman–Crippen MR) is 96.5 cm³/mol. The van der Waals surface area contributed by atoms with Crippen molar-refractivity contribution in [3.63, 3.8) is 0 Å². The predicted octanol–water partition coefficient (Wildman–Crippen LogP) is 2.31. The first kappa shape index (κ1) is 16.6. The van der Waals surface area contributed by atoms with E-state index in [0.29, 0.717) is 18.8 Å². The van der Waals surface area contributed by atoms with Gasteiger partial charge in [-0.15, -0.1) is 0 Å². The first-order chi connectivity index (χ1) is 13.3. The quantitative estimate of drug-likeness (QED) is 0.566. The van der Waals surface area contributed by atoms with Crippen LogP contribution >= 0.6 is 0 Å². The van der Waals surface area contributed by atoms with Crippen LogP contribution in [0.25, 0.3) is 11.3 Å². The summed E-state index contributed by atoms with van der Waals surface area (Å²) in [5, 5.41) is 10.8. The smallest absolute Gasteiger partial charge is 0.273 e. The molecule has 0 unspecified atom stereocenters. The van der Waals surface area contributed by atoms with Crippen LogP contribution in [0.15, 0.2) is 72.0 Å². The third-order valence-corrected chi connectivity index (χ3v) is 3.94. The molecule has 1 N–H and O–H groups in total. The van der Waals surface area contributed by atoms with Crippen LogP contribution < -0.4 is 5.32 Å². The topological polar surface area (TPSA) is 98.7 Å². The number of benzene rings is 1. The van der Waals surface area contributed by atoms with Crippen molar-refractivity contribution in [3.05, 3.63) is 84.3 Å². The molecule has 1 aromatic carbocycles. The van der Waals surface area contributed by atoms with E-state index in [1.807, 2.05) is 30.3 Å². The Bertz CT molecular complexity index is 1030. The Labute approximate surface area is 154 Å². The van der Waals surface area contributed by atoms with Gasteiger partial charge in [-0.05, 0) is 23.3 Å². The van der Waals surface area contributed by atoms with Gasteiger partial charge in [0.2, 0.25) is 0 Å². The van der Waals surface area contributed by atoms with Crippen molar-refractivity contribution < 1.29 is 9.32 Å².